The number of ether oxygens (including phenoxy) is 1. The Morgan fingerprint density at radius 1 is 1.32 bits per heavy atom. The maximum absolute atomic E-state index is 6.04. The van der Waals surface area contributed by atoms with Gasteiger partial charge in [0.1, 0.15) is 0 Å². The molecule has 0 aliphatic carbocycles. The molecule has 4 nitrogen and oxygen atoms in total. The lowest BCUT2D eigenvalue weighted by atomic mass is 10.1. The van der Waals surface area contributed by atoms with Crippen LogP contribution in [-0.2, 0) is 11.3 Å². The number of hydrogen-bond donors (Lipinski definition) is 1. The largest absolute Gasteiger partial charge is 0.383 e. The Morgan fingerprint density at radius 2 is 2.16 bits per heavy atom. The third-order valence-electron chi connectivity index (χ3n) is 2.64. The molecule has 1 aromatic heterocycles. The zero-order valence-corrected chi connectivity index (χ0v) is 12.1. The van der Waals surface area contributed by atoms with Crippen molar-refractivity contribution in [2.45, 2.75) is 6.54 Å². The van der Waals surface area contributed by atoms with Crippen molar-refractivity contribution in [2.24, 2.45) is 0 Å². The second-order valence-corrected chi connectivity index (χ2v) is 4.92. The van der Waals surface area contributed by atoms with Crippen molar-refractivity contribution >= 4 is 23.2 Å². The van der Waals surface area contributed by atoms with Crippen molar-refractivity contribution in [2.75, 3.05) is 20.3 Å². The number of benzene rings is 1. The summed E-state index contributed by atoms with van der Waals surface area (Å²) in [5, 5.41) is 8.77. The lowest BCUT2D eigenvalue weighted by Gasteiger charge is -2.11. The molecule has 1 N–H and O–H groups in total. The molecule has 1 aromatic carbocycles. The van der Waals surface area contributed by atoms with Gasteiger partial charge < -0.3 is 10.1 Å². The molecule has 0 saturated heterocycles. The molecule has 0 amide bonds. The minimum absolute atomic E-state index is 0.596. The number of methoxy groups -OCH3 is 1. The van der Waals surface area contributed by atoms with E-state index in [-0.39, 0.29) is 0 Å². The Kier molecular flexibility index (Phi) is 5.22. The molecule has 1 heterocycles. The van der Waals surface area contributed by atoms with Gasteiger partial charge in [-0.2, -0.15) is 5.10 Å². The van der Waals surface area contributed by atoms with Gasteiger partial charge in [0.05, 0.1) is 23.5 Å². The monoisotopic (exact) mass is 299 g/mol. The van der Waals surface area contributed by atoms with Crippen LogP contribution in [0.1, 0.15) is 5.56 Å². The molecular weight excluding hydrogens is 285 g/mol. The van der Waals surface area contributed by atoms with E-state index in [9.17, 15) is 0 Å². The van der Waals surface area contributed by atoms with Crippen molar-refractivity contribution in [1.29, 1.82) is 0 Å². The van der Waals surface area contributed by atoms with E-state index in [2.05, 4.69) is 10.4 Å². The van der Waals surface area contributed by atoms with E-state index in [1.165, 1.54) is 0 Å². The van der Waals surface area contributed by atoms with E-state index in [0.717, 1.165) is 17.8 Å². The first-order valence-corrected chi connectivity index (χ1v) is 6.65. The molecule has 6 heteroatoms. The molecule has 2 aromatic rings. The smallest absolute Gasteiger partial charge is 0.0790 e. The highest BCUT2D eigenvalue weighted by atomic mass is 35.5. The van der Waals surface area contributed by atoms with Crippen molar-refractivity contribution in [3.8, 4) is 5.69 Å². The maximum atomic E-state index is 6.04. The number of nitrogens with zero attached hydrogens (tertiary/aromatic N) is 2. The van der Waals surface area contributed by atoms with Gasteiger partial charge in [0.2, 0.25) is 0 Å². The summed E-state index contributed by atoms with van der Waals surface area (Å²) < 4.78 is 6.72. The molecule has 0 fully saturated rings. The summed E-state index contributed by atoms with van der Waals surface area (Å²) >= 11 is 11.9. The molecule has 0 bridgehead atoms. The molecule has 19 heavy (non-hydrogen) atoms. The predicted octanol–water partition coefficient (Wildman–Crippen LogP) is 2.92. The second kappa shape index (κ2) is 6.91. The minimum Gasteiger partial charge on any atom is -0.383 e. The molecule has 2 rings (SSSR count). The molecule has 0 aliphatic rings. The number of nitrogens with one attached hydrogen (secondary N) is 1. The van der Waals surface area contributed by atoms with Gasteiger partial charge in [-0.05, 0) is 17.7 Å². The number of halogens is 2. The first-order chi connectivity index (χ1) is 9.20. The van der Waals surface area contributed by atoms with E-state index in [4.69, 9.17) is 27.9 Å². The van der Waals surface area contributed by atoms with Crippen LogP contribution in [0.15, 0.2) is 30.6 Å². The van der Waals surface area contributed by atoms with E-state index in [0.29, 0.717) is 23.2 Å². The van der Waals surface area contributed by atoms with Gasteiger partial charge in [-0.15, -0.1) is 0 Å². The quantitative estimate of drug-likeness (QED) is 0.834. The Balaban J connectivity index is 2.18. The molecule has 0 atom stereocenters. The summed E-state index contributed by atoms with van der Waals surface area (Å²) in [6.45, 7) is 2.18. The van der Waals surface area contributed by atoms with Gasteiger partial charge in [-0.3, -0.25) is 0 Å². The van der Waals surface area contributed by atoms with Crippen LogP contribution in [-0.4, -0.2) is 30.0 Å². The van der Waals surface area contributed by atoms with Crippen molar-refractivity contribution in [3.63, 3.8) is 0 Å². The number of rotatable bonds is 6. The average molecular weight is 300 g/mol. The predicted molar refractivity (Wildman–Crippen MR) is 77.2 cm³/mol. The van der Waals surface area contributed by atoms with Gasteiger partial charge in [-0.1, -0.05) is 29.3 Å². The van der Waals surface area contributed by atoms with Crippen LogP contribution in [0, 0.1) is 0 Å². The first kappa shape index (κ1) is 14.3. The fourth-order valence-corrected chi connectivity index (χ4v) is 2.03. The summed E-state index contributed by atoms with van der Waals surface area (Å²) in [6.07, 6.45) is 3.36. The lowest BCUT2D eigenvalue weighted by Crippen LogP contribution is -2.19. The molecule has 0 aliphatic heterocycles. The lowest BCUT2D eigenvalue weighted by molar-refractivity contribution is 0.199. The van der Waals surface area contributed by atoms with Gasteiger partial charge in [0.25, 0.3) is 0 Å². The Labute approximate surface area is 122 Å². The topological polar surface area (TPSA) is 39.1 Å². The van der Waals surface area contributed by atoms with E-state index in [1.54, 1.807) is 24.2 Å². The van der Waals surface area contributed by atoms with Crippen LogP contribution in [0.25, 0.3) is 5.69 Å². The summed E-state index contributed by atoms with van der Waals surface area (Å²) in [7, 11) is 1.68. The highest BCUT2D eigenvalue weighted by Gasteiger charge is 2.07. The van der Waals surface area contributed by atoms with Gasteiger partial charge in [0, 0.05) is 31.4 Å². The third kappa shape index (κ3) is 3.94. The van der Waals surface area contributed by atoms with Crippen molar-refractivity contribution in [1.82, 2.24) is 15.1 Å². The van der Waals surface area contributed by atoms with E-state index < -0.39 is 0 Å². The second-order valence-electron chi connectivity index (χ2n) is 4.05. The highest BCUT2D eigenvalue weighted by Crippen LogP contribution is 2.21. The normalized spacial score (nSPS) is 10.9. The van der Waals surface area contributed by atoms with Crippen LogP contribution in [0.4, 0.5) is 0 Å². The Morgan fingerprint density at radius 3 is 2.84 bits per heavy atom. The molecule has 102 valence electrons. The van der Waals surface area contributed by atoms with Gasteiger partial charge >= 0.3 is 0 Å². The standard InChI is InChI=1S/C13H15Cl2N3O/c1-19-5-4-16-7-10-2-3-11(14)6-13(10)18-9-12(15)8-17-18/h2-3,6,8-9,16H,4-5,7H2,1H3. The van der Waals surface area contributed by atoms with E-state index in [1.807, 2.05) is 18.2 Å². The number of aromatic nitrogens is 2. The SMILES string of the molecule is COCCNCc1ccc(Cl)cc1-n1cc(Cl)cn1. The Hall–Kier alpha value is -1.07. The maximum Gasteiger partial charge on any atom is 0.0790 e. The zero-order valence-electron chi connectivity index (χ0n) is 10.6. The average Bonchev–Trinajstić information content (AvgIpc) is 2.82. The number of hydrogen-bond acceptors (Lipinski definition) is 3. The fourth-order valence-electron chi connectivity index (χ4n) is 1.73. The van der Waals surface area contributed by atoms with Gasteiger partial charge in [0.15, 0.2) is 0 Å². The van der Waals surface area contributed by atoms with E-state index >= 15 is 0 Å². The molecule has 0 unspecified atom stereocenters. The van der Waals surface area contributed by atoms with Crippen LogP contribution < -0.4 is 5.32 Å². The minimum atomic E-state index is 0.596. The van der Waals surface area contributed by atoms with Crippen molar-refractivity contribution in [3.05, 3.63) is 46.2 Å². The van der Waals surface area contributed by atoms with Crippen molar-refractivity contribution < 1.29 is 4.74 Å². The zero-order chi connectivity index (χ0) is 13.7. The van der Waals surface area contributed by atoms with Crippen LogP contribution >= 0.6 is 23.2 Å². The van der Waals surface area contributed by atoms with Crippen LogP contribution in [0.3, 0.4) is 0 Å². The molecule has 0 radical (unpaired) electrons. The molecule has 0 saturated carbocycles. The Bertz CT molecular complexity index is 542. The van der Waals surface area contributed by atoms with Crippen LogP contribution in [0.2, 0.25) is 10.0 Å². The summed E-state index contributed by atoms with van der Waals surface area (Å²) in [4.78, 5) is 0. The van der Waals surface area contributed by atoms with Crippen LogP contribution in [0.5, 0.6) is 0 Å². The van der Waals surface area contributed by atoms with Gasteiger partial charge in [-0.25, -0.2) is 4.68 Å². The molecule has 0 spiro atoms. The first-order valence-electron chi connectivity index (χ1n) is 5.89. The summed E-state index contributed by atoms with van der Waals surface area (Å²) in [5.74, 6) is 0. The fraction of sp³-hybridized carbons (Fsp3) is 0.308. The molecular formula is C13H15Cl2N3O. The third-order valence-corrected chi connectivity index (χ3v) is 3.07. The highest BCUT2D eigenvalue weighted by molar-refractivity contribution is 6.31. The summed E-state index contributed by atoms with van der Waals surface area (Å²) in [5.41, 5.74) is 2.02. The summed E-state index contributed by atoms with van der Waals surface area (Å²) in [6, 6.07) is 5.72.